The highest BCUT2D eigenvalue weighted by Crippen LogP contribution is 2.32. The number of aromatic nitrogens is 3. The molecule has 0 spiro atoms. The fourth-order valence-electron chi connectivity index (χ4n) is 6.81. The highest BCUT2D eigenvalue weighted by molar-refractivity contribution is 6.08. The number of piperidine rings is 1. The Hall–Kier alpha value is -2.97. The number of carbonyl (C=O) groups excluding carboxylic acids is 1. The fraction of sp³-hybridized carbons (Fsp3) is 0.594. The minimum absolute atomic E-state index is 0.0405. The van der Waals surface area contributed by atoms with Gasteiger partial charge in [0.1, 0.15) is 5.82 Å². The molecule has 2 saturated heterocycles. The number of fused-ring (bicyclic) bond motifs is 1. The lowest BCUT2D eigenvalue weighted by Gasteiger charge is -2.46. The first-order valence-electron chi connectivity index (χ1n) is 14.9. The Morgan fingerprint density at radius 2 is 1.60 bits per heavy atom. The number of carbonyl (C=O) groups is 1. The molecule has 2 aromatic heterocycles. The highest BCUT2D eigenvalue weighted by atomic mass is 16.1. The molecule has 2 aliphatic rings. The summed E-state index contributed by atoms with van der Waals surface area (Å²) in [6.45, 7) is 21.7. The van der Waals surface area contributed by atoms with Gasteiger partial charge in [0, 0.05) is 72.5 Å². The van der Waals surface area contributed by atoms with Gasteiger partial charge in [-0.25, -0.2) is 4.98 Å². The summed E-state index contributed by atoms with van der Waals surface area (Å²) in [6, 6.07) is 9.25. The van der Waals surface area contributed by atoms with E-state index < -0.39 is 0 Å². The van der Waals surface area contributed by atoms with Crippen molar-refractivity contribution in [1.82, 2.24) is 30.3 Å². The minimum Gasteiger partial charge on any atom is -0.354 e. The standard InChI is InChI=1S/C32H47N7O/c1-21(2)37-11-13-38(14-12-37)29-10-9-23(19-33-29)24-15-26(27-20-34-39(22(3)4)28(27)16-24)30(40)35-25-17-31(5,6)36-32(7,8)18-25/h9-10,15-16,19-22,25,36H,11-14,17-18H2,1-8H3,(H,35,40). The Balaban J connectivity index is 1.44. The second kappa shape index (κ2) is 10.8. The average Bonchev–Trinajstić information content (AvgIpc) is 3.31. The van der Waals surface area contributed by atoms with E-state index in [4.69, 9.17) is 4.98 Å². The number of pyridine rings is 1. The van der Waals surface area contributed by atoms with Crippen LogP contribution in [0.25, 0.3) is 22.0 Å². The van der Waals surface area contributed by atoms with Crippen LogP contribution in [0.5, 0.6) is 0 Å². The van der Waals surface area contributed by atoms with Crippen molar-refractivity contribution in [2.24, 2.45) is 0 Å². The zero-order chi connectivity index (χ0) is 28.8. The van der Waals surface area contributed by atoms with Crippen LogP contribution in [0.4, 0.5) is 5.82 Å². The van der Waals surface area contributed by atoms with Gasteiger partial charge >= 0.3 is 0 Å². The molecule has 3 aromatic rings. The largest absolute Gasteiger partial charge is 0.354 e. The summed E-state index contributed by atoms with van der Waals surface area (Å²) in [7, 11) is 0. The van der Waals surface area contributed by atoms with E-state index in [9.17, 15) is 4.79 Å². The molecule has 1 amide bonds. The fourth-order valence-corrected chi connectivity index (χ4v) is 6.81. The Labute approximate surface area is 239 Å². The zero-order valence-corrected chi connectivity index (χ0v) is 25.6. The first kappa shape index (κ1) is 28.6. The van der Waals surface area contributed by atoms with E-state index in [2.05, 4.69) is 99.1 Å². The molecule has 0 radical (unpaired) electrons. The maximum atomic E-state index is 13.9. The summed E-state index contributed by atoms with van der Waals surface area (Å²) in [6.07, 6.45) is 5.55. The maximum absolute atomic E-state index is 13.9. The van der Waals surface area contributed by atoms with Gasteiger partial charge < -0.3 is 15.5 Å². The summed E-state index contributed by atoms with van der Waals surface area (Å²) in [5.74, 6) is 0.968. The lowest BCUT2D eigenvalue weighted by molar-refractivity contribution is 0.0875. The molecule has 216 valence electrons. The first-order valence-corrected chi connectivity index (χ1v) is 14.9. The Kier molecular flexibility index (Phi) is 7.70. The monoisotopic (exact) mass is 545 g/mol. The predicted molar refractivity (Wildman–Crippen MR) is 164 cm³/mol. The summed E-state index contributed by atoms with van der Waals surface area (Å²) in [5.41, 5.74) is 3.53. The number of hydrogen-bond donors (Lipinski definition) is 2. The van der Waals surface area contributed by atoms with Crippen LogP contribution >= 0.6 is 0 Å². The molecule has 0 aliphatic carbocycles. The van der Waals surface area contributed by atoms with E-state index in [1.165, 1.54) is 0 Å². The summed E-state index contributed by atoms with van der Waals surface area (Å²) < 4.78 is 2.00. The van der Waals surface area contributed by atoms with Crippen LogP contribution in [0.1, 0.15) is 84.6 Å². The van der Waals surface area contributed by atoms with Crippen LogP contribution in [0.3, 0.4) is 0 Å². The molecule has 4 heterocycles. The van der Waals surface area contributed by atoms with Gasteiger partial charge in [0.05, 0.1) is 17.3 Å². The molecule has 0 saturated carbocycles. The molecule has 1 aromatic carbocycles. The lowest BCUT2D eigenvalue weighted by Crippen LogP contribution is -2.62. The molecule has 0 unspecified atom stereocenters. The van der Waals surface area contributed by atoms with E-state index in [-0.39, 0.29) is 29.1 Å². The van der Waals surface area contributed by atoms with Crippen LogP contribution < -0.4 is 15.5 Å². The third-order valence-corrected chi connectivity index (χ3v) is 8.43. The van der Waals surface area contributed by atoms with Crippen molar-refractivity contribution in [1.29, 1.82) is 0 Å². The predicted octanol–water partition coefficient (Wildman–Crippen LogP) is 5.25. The van der Waals surface area contributed by atoms with E-state index in [1.807, 2.05) is 23.1 Å². The van der Waals surface area contributed by atoms with Gasteiger partial charge in [-0.05, 0) is 98.1 Å². The third-order valence-electron chi connectivity index (χ3n) is 8.43. The Morgan fingerprint density at radius 1 is 0.925 bits per heavy atom. The van der Waals surface area contributed by atoms with Crippen molar-refractivity contribution in [3.63, 3.8) is 0 Å². The van der Waals surface area contributed by atoms with Crippen LogP contribution in [0, 0.1) is 0 Å². The number of nitrogens with zero attached hydrogens (tertiary/aromatic N) is 5. The number of amides is 1. The highest BCUT2D eigenvalue weighted by Gasteiger charge is 2.38. The van der Waals surface area contributed by atoms with E-state index >= 15 is 0 Å². The minimum atomic E-state index is -0.0474. The van der Waals surface area contributed by atoms with Crippen LogP contribution in [0.2, 0.25) is 0 Å². The van der Waals surface area contributed by atoms with Crippen molar-refractivity contribution in [3.05, 3.63) is 42.2 Å². The molecule has 8 heteroatoms. The number of piperazine rings is 1. The second-order valence-corrected chi connectivity index (χ2v) is 13.6. The molecular weight excluding hydrogens is 498 g/mol. The first-order chi connectivity index (χ1) is 18.8. The number of anilines is 1. The SMILES string of the molecule is CC(C)N1CCN(c2ccc(-c3cc(C(=O)NC4CC(C)(C)NC(C)(C)C4)c4cnn(C(C)C)c4c3)cn2)CC1. The topological polar surface area (TPSA) is 78.3 Å². The van der Waals surface area contributed by atoms with Crippen molar-refractivity contribution in [2.75, 3.05) is 31.1 Å². The molecule has 0 atom stereocenters. The number of rotatable bonds is 6. The Bertz CT molecular complexity index is 1330. The van der Waals surface area contributed by atoms with E-state index in [0.717, 1.165) is 66.9 Å². The van der Waals surface area contributed by atoms with Crippen LogP contribution in [-0.2, 0) is 0 Å². The van der Waals surface area contributed by atoms with Crippen LogP contribution in [0.15, 0.2) is 36.7 Å². The van der Waals surface area contributed by atoms with Crippen molar-refractivity contribution < 1.29 is 4.79 Å². The molecule has 2 aliphatic heterocycles. The average molecular weight is 546 g/mol. The normalized spacial score (nSPS) is 20.0. The third kappa shape index (κ3) is 6.03. The summed E-state index contributed by atoms with van der Waals surface area (Å²) in [4.78, 5) is 23.6. The van der Waals surface area contributed by atoms with Gasteiger partial charge in [-0.15, -0.1) is 0 Å². The van der Waals surface area contributed by atoms with Crippen molar-refractivity contribution in [2.45, 2.75) is 97.4 Å². The Morgan fingerprint density at radius 3 is 2.17 bits per heavy atom. The molecule has 2 N–H and O–H groups in total. The summed E-state index contributed by atoms with van der Waals surface area (Å²) >= 11 is 0. The van der Waals surface area contributed by atoms with E-state index in [1.54, 1.807) is 0 Å². The lowest BCUT2D eigenvalue weighted by atomic mass is 9.79. The van der Waals surface area contributed by atoms with Gasteiger partial charge in [-0.2, -0.15) is 5.10 Å². The molecule has 2 fully saturated rings. The summed E-state index contributed by atoms with van der Waals surface area (Å²) in [5, 5.41) is 12.6. The molecule has 0 bridgehead atoms. The van der Waals surface area contributed by atoms with Crippen LogP contribution in [-0.4, -0.2) is 74.9 Å². The van der Waals surface area contributed by atoms with Gasteiger partial charge in [0.25, 0.3) is 5.91 Å². The maximum Gasteiger partial charge on any atom is 0.252 e. The second-order valence-electron chi connectivity index (χ2n) is 13.6. The van der Waals surface area contributed by atoms with Gasteiger partial charge in [-0.3, -0.25) is 14.4 Å². The van der Waals surface area contributed by atoms with Crippen molar-refractivity contribution in [3.8, 4) is 11.1 Å². The number of hydrogen-bond acceptors (Lipinski definition) is 6. The van der Waals surface area contributed by atoms with Crippen molar-refractivity contribution >= 4 is 22.6 Å². The molecule has 5 rings (SSSR count). The molecular formula is C32H47N7O. The number of benzene rings is 1. The quantitative estimate of drug-likeness (QED) is 0.441. The molecule has 8 nitrogen and oxygen atoms in total. The van der Waals surface area contributed by atoms with E-state index in [0.29, 0.717) is 11.6 Å². The van der Waals surface area contributed by atoms with Gasteiger partial charge in [0.15, 0.2) is 0 Å². The van der Waals surface area contributed by atoms with Gasteiger partial charge in [-0.1, -0.05) is 0 Å². The van der Waals surface area contributed by atoms with Gasteiger partial charge in [0.2, 0.25) is 0 Å². The number of nitrogens with one attached hydrogen (secondary N) is 2. The smallest absolute Gasteiger partial charge is 0.252 e. The zero-order valence-electron chi connectivity index (χ0n) is 25.6. The molecule has 40 heavy (non-hydrogen) atoms.